The van der Waals surface area contributed by atoms with E-state index in [1.807, 2.05) is 0 Å². The van der Waals surface area contributed by atoms with E-state index in [4.69, 9.17) is 10.2 Å². The van der Waals surface area contributed by atoms with E-state index in [-0.39, 0.29) is 0 Å². The Morgan fingerprint density at radius 2 is 1.67 bits per heavy atom. The van der Waals surface area contributed by atoms with Gasteiger partial charge in [0.05, 0.1) is 6.10 Å². The highest BCUT2D eigenvalue weighted by Crippen LogP contribution is 1.98. The van der Waals surface area contributed by atoms with Crippen LogP contribution in [0.3, 0.4) is 0 Å². The summed E-state index contributed by atoms with van der Waals surface area (Å²) < 4.78 is -0.623. The first kappa shape index (κ1) is 6.65. The molecule has 2 N–H and O–H groups in total. The molecule has 0 aliphatic carbocycles. The topological polar surface area (TPSA) is 40.5 Å². The maximum absolute atomic E-state index is 8.37. The third-order valence-electron chi connectivity index (χ3n) is 0.398. The fourth-order valence-corrected chi connectivity index (χ4v) is 0. The number of halogens is 1. The van der Waals surface area contributed by atoms with E-state index < -0.39 is 10.2 Å². The van der Waals surface area contributed by atoms with E-state index >= 15 is 0 Å². The quantitative estimate of drug-likeness (QED) is 0.468. The van der Waals surface area contributed by atoms with E-state index in [9.17, 15) is 0 Å². The molecule has 0 saturated carbocycles. The average molecular weight is 202 g/mol. The first-order valence-corrected chi connectivity index (χ1v) is 2.89. The van der Waals surface area contributed by atoms with Gasteiger partial charge in [0.25, 0.3) is 0 Å². The number of aliphatic hydroxyl groups is 2. The van der Waals surface area contributed by atoms with Crippen LogP contribution >= 0.6 is 22.6 Å². The lowest BCUT2D eigenvalue weighted by atomic mass is 10.5. The van der Waals surface area contributed by atoms with Gasteiger partial charge in [0, 0.05) is 0 Å². The molecule has 0 saturated heterocycles. The van der Waals surface area contributed by atoms with E-state index in [0.717, 1.165) is 0 Å². The van der Waals surface area contributed by atoms with E-state index in [2.05, 4.69) is 0 Å². The molecule has 2 nitrogen and oxygen atoms in total. The Hall–Kier alpha value is 0.650. The SMILES string of the molecule is C[C@H](O)[C@@H](O)I. The van der Waals surface area contributed by atoms with Gasteiger partial charge in [0.2, 0.25) is 0 Å². The maximum atomic E-state index is 8.37. The van der Waals surface area contributed by atoms with Crippen LogP contribution in [0.15, 0.2) is 0 Å². The monoisotopic (exact) mass is 202 g/mol. The minimum atomic E-state index is -0.623. The van der Waals surface area contributed by atoms with Gasteiger partial charge in [0.1, 0.15) is 4.11 Å². The molecule has 0 aromatic carbocycles. The molecule has 0 bridgehead atoms. The molecule has 0 heterocycles. The highest BCUT2D eigenvalue weighted by molar-refractivity contribution is 14.1. The van der Waals surface area contributed by atoms with Crippen molar-refractivity contribution in [2.24, 2.45) is 0 Å². The van der Waals surface area contributed by atoms with Crippen LogP contribution < -0.4 is 0 Å². The van der Waals surface area contributed by atoms with Crippen LogP contribution in [0.1, 0.15) is 6.92 Å². The second-order valence-corrected chi connectivity index (χ2v) is 2.39. The Morgan fingerprint density at radius 3 is 1.67 bits per heavy atom. The molecular formula is C3H7IO2. The molecule has 0 aromatic rings. The largest absolute Gasteiger partial charge is 0.390 e. The zero-order valence-electron chi connectivity index (χ0n) is 3.43. The van der Waals surface area contributed by atoms with Gasteiger partial charge in [0.15, 0.2) is 0 Å². The number of aliphatic hydroxyl groups excluding tert-OH is 2. The van der Waals surface area contributed by atoms with Crippen molar-refractivity contribution in [2.45, 2.75) is 17.1 Å². The number of rotatable bonds is 1. The maximum Gasteiger partial charge on any atom is 0.130 e. The van der Waals surface area contributed by atoms with Gasteiger partial charge in [-0.25, -0.2) is 0 Å². The highest BCUT2D eigenvalue weighted by atomic mass is 127. The van der Waals surface area contributed by atoms with Gasteiger partial charge >= 0.3 is 0 Å². The molecule has 0 radical (unpaired) electrons. The summed E-state index contributed by atoms with van der Waals surface area (Å²) in [6.07, 6.45) is -0.606. The van der Waals surface area contributed by atoms with Crippen LogP contribution in [0.2, 0.25) is 0 Å². The molecule has 0 aliphatic rings. The van der Waals surface area contributed by atoms with Crippen LogP contribution in [-0.2, 0) is 0 Å². The Balaban J connectivity index is 2.99. The molecule has 0 fully saturated rings. The van der Waals surface area contributed by atoms with Gasteiger partial charge in [-0.3, -0.25) is 0 Å². The van der Waals surface area contributed by atoms with Crippen molar-refractivity contribution >= 4 is 22.6 Å². The molecule has 0 unspecified atom stereocenters. The summed E-state index contributed by atoms with van der Waals surface area (Å²) in [7, 11) is 0. The van der Waals surface area contributed by atoms with Crippen LogP contribution in [0.25, 0.3) is 0 Å². The molecule has 0 aromatic heterocycles. The summed E-state index contributed by atoms with van der Waals surface area (Å²) in [6.45, 7) is 1.54. The predicted molar refractivity (Wildman–Crippen MR) is 31.7 cm³/mol. The minimum Gasteiger partial charge on any atom is -0.390 e. The summed E-state index contributed by atoms with van der Waals surface area (Å²) in [6, 6.07) is 0. The van der Waals surface area contributed by atoms with Gasteiger partial charge in [-0.05, 0) is 29.5 Å². The van der Waals surface area contributed by atoms with Crippen molar-refractivity contribution < 1.29 is 10.2 Å². The fraction of sp³-hybridized carbons (Fsp3) is 1.00. The molecule has 0 amide bonds. The summed E-state index contributed by atoms with van der Waals surface area (Å²) in [5.74, 6) is 0. The molecule has 3 heteroatoms. The van der Waals surface area contributed by atoms with Crippen molar-refractivity contribution in [1.29, 1.82) is 0 Å². The molecule has 2 atom stereocenters. The van der Waals surface area contributed by atoms with Crippen molar-refractivity contribution in [3.63, 3.8) is 0 Å². The lowest BCUT2D eigenvalue weighted by molar-refractivity contribution is 0.0974. The minimum absolute atomic E-state index is 0.606. The van der Waals surface area contributed by atoms with Gasteiger partial charge in [-0.1, -0.05) is 0 Å². The fourth-order valence-electron chi connectivity index (χ4n) is 0. The summed E-state index contributed by atoms with van der Waals surface area (Å²) in [5, 5.41) is 16.7. The lowest BCUT2D eigenvalue weighted by Gasteiger charge is -2.01. The van der Waals surface area contributed by atoms with Crippen molar-refractivity contribution in [1.82, 2.24) is 0 Å². The molecule has 0 rings (SSSR count). The number of hydrogen-bond acceptors (Lipinski definition) is 2. The standard InChI is InChI=1S/C3H7IO2/c1-2(5)3(4)6/h2-3,5-6H,1H3/t2-,3+/m0/s1. The van der Waals surface area contributed by atoms with Gasteiger partial charge in [-0.2, -0.15) is 0 Å². The first-order chi connectivity index (χ1) is 2.64. The Kier molecular flexibility index (Phi) is 3.06. The predicted octanol–water partition coefficient (Wildman–Crippen LogP) is 0.121. The Labute approximate surface area is 50.3 Å². The summed E-state index contributed by atoms with van der Waals surface area (Å²) in [4.78, 5) is 0. The zero-order valence-corrected chi connectivity index (χ0v) is 5.58. The molecule has 0 spiro atoms. The summed E-state index contributed by atoms with van der Waals surface area (Å²) in [5.41, 5.74) is 0. The highest BCUT2D eigenvalue weighted by Gasteiger charge is 2.01. The van der Waals surface area contributed by atoms with Gasteiger partial charge in [-0.15, -0.1) is 0 Å². The van der Waals surface area contributed by atoms with E-state index in [1.54, 1.807) is 22.6 Å². The Bertz CT molecular complexity index is 29.8. The Morgan fingerprint density at radius 1 is 1.50 bits per heavy atom. The van der Waals surface area contributed by atoms with Crippen molar-refractivity contribution in [3.05, 3.63) is 0 Å². The van der Waals surface area contributed by atoms with Crippen molar-refractivity contribution in [2.75, 3.05) is 0 Å². The first-order valence-electron chi connectivity index (χ1n) is 1.65. The second-order valence-electron chi connectivity index (χ2n) is 1.11. The lowest BCUT2D eigenvalue weighted by Crippen LogP contribution is -2.13. The third-order valence-corrected chi connectivity index (χ3v) is 1.44. The zero-order chi connectivity index (χ0) is 5.15. The van der Waals surface area contributed by atoms with E-state index in [1.165, 1.54) is 6.92 Å². The van der Waals surface area contributed by atoms with Crippen LogP contribution in [-0.4, -0.2) is 20.4 Å². The molecule has 38 valence electrons. The molecular weight excluding hydrogens is 195 g/mol. The van der Waals surface area contributed by atoms with Gasteiger partial charge < -0.3 is 10.2 Å². The summed E-state index contributed by atoms with van der Waals surface area (Å²) >= 11 is 1.74. The van der Waals surface area contributed by atoms with Crippen molar-refractivity contribution in [3.8, 4) is 0 Å². The normalized spacial score (nSPS) is 20.0. The third kappa shape index (κ3) is 2.87. The number of hydrogen-bond donors (Lipinski definition) is 2. The van der Waals surface area contributed by atoms with E-state index in [0.29, 0.717) is 0 Å². The van der Waals surface area contributed by atoms with Crippen LogP contribution in [0.5, 0.6) is 0 Å². The average Bonchev–Trinajstić information content (AvgIpc) is 1.36. The van der Waals surface area contributed by atoms with Crippen LogP contribution in [0, 0.1) is 0 Å². The van der Waals surface area contributed by atoms with Crippen LogP contribution in [0.4, 0.5) is 0 Å². The molecule has 0 aliphatic heterocycles. The smallest absolute Gasteiger partial charge is 0.130 e. The molecule has 6 heavy (non-hydrogen) atoms. The number of alkyl halides is 1. The second kappa shape index (κ2) is 2.76.